The molecule has 0 saturated heterocycles. The fraction of sp³-hybridized carbons (Fsp3) is 0.154. The molecule has 2 rings (SSSR count). The summed E-state index contributed by atoms with van der Waals surface area (Å²) in [6.45, 7) is 7.26. The molecule has 0 aliphatic rings. The zero-order valence-electron chi connectivity index (χ0n) is 8.83. The molecule has 1 aromatic carbocycles. The first-order valence-corrected chi connectivity index (χ1v) is 4.79. The number of Topliss-reactive ketones (excluding diaryl/α,β-unsaturated/α-hetero) is 1. The van der Waals surface area contributed by atoms with Crippen LogP contribution in [-0.4, -0.2) is 5.78 Å². The number of furan rings is 1. The number of carbonyl (C=O) groups excluding carboxylic acids is 1. The Labute approximate surface area is 88.2 Å². The normalized spacial score (nSPS) is 10.5. The lowest BCUT2D eigenvalue weighted by molar-refractivity contribution is 0.101. The first kappa shape index (κ1) is 9.71. The van der Waals surface area contributed by atoms with Crippen LogP contribution in [0.3, 0.4) is 0 Å². The number of benzene rings is 1. The van der Waals surface area contributed by atoms with Gasteiger partial charge in [-0.2, -0.15) is 0 Å². The minimum absolute atomic E-state index is 0.134. The quantitative estimate of drug-likeness (QED) is 0.548. The number of fused-ring (bicyclic) bond motifs is 1. The molecular formula is C13H12O2. The lowest BCUT2D eigenvalue weighted by Gasteiger charge is -1.93. The van der Waals surface area contributed by atoms with Crippen molar-refractivity contribution in [3.8, 4) is 0 Å². The summed E-state index contributed by atoms with van der Waals surface area (Å²) >= 11 is 0. The highest BCUT2D eigenvalue weighted by Crippen LogP contribution is 2.23. The van der Waals surface area contributed by atoms with E-state index in [1.54, 1.807) is 13.0 Å². The standard InChI is InChI=1S/C13H12O2/c1-8(2)12(14)11-7-10-6-4-5-9(3)13(10)15-11/h4-7H,1H2,2-3H3. The van der Waals surface area contributed by atoms with E-state index >= 15 is 0 Å². The molecule has 0 spiro atoms. The van der Waals surface area contributed by atoms with Crippen molar-refractivity contribution >= 4 is 16.8 Å². The van der Waals surface area contributed by atoms with Gasteiger partial charge >= 0.3 is 0 Å². The van der Waals surface area contributed by atoms with Gasteiger partial charge in [0, 0.05) is 5.39 Å². The molecule has 2 aromatic rings. The molecule has 15 heavy (non-hydrogen) atoms. The molecule has 2 nitrogen and oxygen atoms in total. The SMILES string of the molecule is C=C(C)C(=O)c1cc2cccc(C)c2o1. The Balaban J connectivity index is 2.62. The lowest BCUT2D eigenvalue weighted by atomic mass is 10.1. The number of rotatable bonds is 2. The Morgan fingerprint density at radius 1 is 1.40 bits per heavy atom. The van der Waals surface area contributed by atoms with Crippen molar-refractivity contribution in [2.45, 2.75) is 13.8 Å². The van der Waals surface area contributed by atoms with Crippen LogP contribution < -0.4 is 0 Å². The summed E-state index contributed by atoms with van der Waals surface area (Å²) < 4.78 is 5.51. The Bertz CT molecular complexity index is 547. The van der Waals surface area contributed by atoms with Crippen LogP contribution in [0.2, 0.25) is 0 Å². The number of para-hydroxylation sites is 1. The van der Waals surface area contributed by atoms with E-state index in [1.165, 1.54) is 0 Å². The van der Waals surface area contributed by atoms with Gasteiger partial charge in [0.05, 0.1) is 0 Å². The molecule has 0 aliphatic heterocycles. The van der Waals surface area contributed by atoms with E-state index in [1.807, 2.05) is 25.1 Å². The number of aryl methyl sites for hydroxylation is 1. The average Bonchev–Trinajstić information content (AvgIpc) is 2.61. The van der Waals surface area contributed by atoms with Gasteiger partial charge in [0.1, 0.15) is 5.58 Å². The van der Waals surface area contributed by atoms with E-state index in [4.69, 9.17) is 4.42 Å². The fourth-order valence-corrected chi connectivity index (χ4v) is 1.53. The Hall–Kier alpha value is -1.83. The maximum atomic E-state index is 11.6. The van der Waals surface area contributed by atoms with Gasteiger partial charge < -0.3 is 4.42 Å². The van der Waals surface area contributed by atoms with Gasteiger partial charge in [-0.1, -0.05) is 24.8 Å². The van der Waals surface area contributed by atoms with Crippen LogP contribution in [0.1, 0.15) is 23.0 Å². The smallest absolute Gasteiger partial charge is 0.223 e. The summed E-state index contributed by atoms with van der Waals surface area (Å²) in [5.74, 6) is 0.234. The van der Waals surface area contributed by atoms with E-state index in [0.29, 0.717) is 11.3 Å². The first-order chi connectivity index (χ1) is 7.09. The van der Waals surface area contributed by atoms with Crippen LogP contribution in [-0.2, 0) is 0 Å². The second-order valence-corrected chi connectivity index (χ2v) is 3.71. The minimum Gasteiger partial charge on any atom is -0.452 e. The summed E-state index contributed by atoms with van der Waals surface area (Å²) in [5.41, 5.74) is 2.31. The minimum atomic E-state index is -0.134. The predicted molar refractivity (Wildman–Crippen MR) is 60.1 cm³/mol. The zero-order chi connectivity index (χ0) is 11.0. The van der Waals surface area contributed by atoms with Gasteiger partial charge in [-0.05, 0) is 31.1 Å². The third-order valence-corrected chi connectivity index (χ3v) is 2.35. The molecule has 0 saturated carbocycles. The summed E-state index contributed by atoms with van der Waals surface area (Å²) in [5, 5.41) is 0.958. The van der Waals surface area contributed by atoms with Gasteiger partial charge in [-0.15, -0.1) is 0 Å². The topological polar surface area (TPSA) is 30.2 Å². The number of carbonyl (C=O) groups is 1. The maximum Gasteiger partial charge on any atom is 0.223 e. The van der Waals surface area contributed by atoms with Crippen molar-refractivity contribution in [1.29, 1.82) is 0 Å². The summed E-state index contributed by atoms with van der Waals surface area (Å²) in [6.07, 6.45) is 0. The monoisotopic (exact) mass is 200 g/mol. The Morgan fingerprint density at radius 3 is 2.73 bits per heavy atom. The van der Waals surface area contributed by atoms with Gasteiger partial charge in [0.2, 0.25) is 5.78 Å². The van der Waals surface area contributed by atoms with Crippen molar-refractivity contribution < 1.29 is 9.21 Å². The van der Waals surface area contributed by atoms with Crippen molar-refractivity contribution in [2.24, 2.45) is 0 Å². The van der Waals surface area contributed by atoms with Crippen molar-refractivity contribution in [3.63, 3.8) is 0 Å². The molecular weight excluding hydrogens is 188 g/mol. The highest BCUT2D eigenvalue weighted by molar-refractivity contribution is 6.08. The molecule has 0 aliphatic carbocycles. The second-order valence-electron chi connectivity index (χ2n) is 3.71. The third kappa shape index (κ3) is 1.59. The molecule has 0 N–H and O–H groups in total. The summed E-state index contributed by atoms with van der Waals surface area (Å²) in [4.78, 5) is 11.6. The van der Waals surface area contributed by atoms with E-state index in [-0.39, 0.29) is 5.78 Å². The number of hydrogen-bond acceptors (Lipinski definition) is 2. The van der Waals surface area contributed by atoms with Crippen molar-refractivity contribution in [1.82, 2.24) is 0 Å². The second kappa shape index (κ2) is 3.39. The van der Waals surface area contributed by atoms with E-state index in [9.17, 15) is 4.79 Å². The molecule has 0 atom stereocenters. The van der Waals surface area contributed by atoms with Crippen LogP contribution in [0.15, 0.2) is 40.8 Å². The van der Waals surface area contributed by atoms with E-state index in [0.717, 1.165) is 16.5 Å². The van der Waals surface area contributed by atoms with Crippen LogP contribution >= 0.6 is 0 Å². The van der Waals surface area contributed by atoms with Gasteiger partial charge in [-0.3, -0.25) is 4.79 Å². The number of allylic oxidation sites excluding steroid dienone is 1. The summed E-state index contributed by atoms with van der Waals surface area (Å²) in [6, 6.07) is 7.60. The first-order valence-electron chi connectivity index (χ1n) is 4.79. The van der Waals surface area contributed by atoms with Crippen LogP contribution in [0.5, 0.6) is 0 Å². The molecule has 76 valence electrons. The molecule has 0 radical (unpaired) electrons. The lowest BCUT2D eigenvalue weighted by Crippen LogP contribution is -1.96. The van der Waals surface area contributed by atoms with Crippen molar-refractivity contribution in [3.05, 3.63) is 47.7 Å². The largest absolute Gasteiger partial charge is 0.452 e. The Morgan fingerprint density at radius 2 is 2.13 bits per heavy atom. The van der Waals surface area contributed by atoms with E-state index in [2.05, 4.69) is 6.58 Å². The molecule has 1 aromatic heterocycles. The highest BCUT2D eigenvalue weighted by atomic mass is 16.3. The third-order valence-electron chi connectivity index (χ3n) is 2.35. The number of hydrogen-bond donors (Lipinski definition) is 0. The predicted octanol–water partition coefficient (Wildman–Crippen LogP) is 3.50. The van der Waals surface area contributed by atoms with Gasteiger partial charge in [0.25, 0.3) is 0 Å². The summed E-state index contributed by atoms with van der Waals surface area (Å²) in [7, 11) is 0. The van der Waals surface area contributed by atoms with Crippen LogP contribution in [0.4, 0.5) is 0 Å². The van der Waals surface area contributed by atoms with Crippen molar-refractivity contribution in [2.75, 3.05) is 0 Å². The van der Waals surface area contributed by atoms with Gasteiger partial charge in [-0.25, -0.2) is 0 Å². The molecule has 2 heteroatoms. The Kier molecular flexibility index (Phi) is 2.19. The fourth-order valence-electron chi connectivity index (χ4n) is 1.53. The van der Waals surface area contributed by atoms with Crippen LogP contribution in [0.25, 0.3) is 11.0 Å². The molecule has 0 bridgehead atoms. The molecule has 0 fully saturated rings. The molecule has 0 unspecified atom stereocenters. The maximum absolute atomic E-state index is 11.6. The van der Waals surface area contributed by atoms with E-state index < -0.39 is 0 Å². The zero-order valence-corrected chi connectivity index (χ0v) is 8.83. The number of ketones is 1. The van der Waals surface area contributed by atoms with Gasteiger partial charge in [0.15, 0.2) is 5.76 Å². The molecule has 0 amide bonds. The average molecular weight is 200 g/mol. The highest BCUT2D eigenvalue weighted by Gasteiger charge is 2.13. The van der Waals surface area contributed by atoms with Crippen LogP contribution in [0, 0.1) is 6.92 Å². The molecule has 1 heterocycles.